The summed E-state index contributed by atoms with van der Waals surface area (Å²) in [6.07, 6.45) is 6.87. The average Bonchev–Trinajstić information content (AvgIpc) is 3.79. The number of carbonyl (C=O) groups is 2. The minimum atomic E-state index is -0.538. The van der Waals surface area contributed by atoms with E-state index in [1.807, 2.05) is 64.9 Å². The Morgan fingerprint density at radius 1 is 0.787 bits per heavy atom. The minimum Gasteiger partial charge on any atom is -0.444 e. The molecule has 0 bridgehead atoms. The minimum absolute atomic E-state index is 0.0830. The molecule has 10 nitrogen and oxygen atoms in total. The zero-order chi connectivity index (χ0) is 33.3. The van der Waals surface area contributed by atoms with Crippen LogP contribution in [-0.2, 0) is 9.47 Å². The van der Waals surface area contributed by atoms with Gasteiger partial charge in [-0.2, -0.15) is 0 Å². The molecule has 2 aliphatic heterocycles. The lowest BCUT2D eigenvalue weighted by Crippen LogP contribution is -2.42. The smallest absolute Gasteiger partial charge is 0.410 e. The number of imidazole rings is 1. The van der Waals surface area contributed by atoms with E-state index < -0.39 is 11.2 Å². The summed E-state index contributed by atoms with van der Waals surface area (Å²) < 4.78 is 11.2. The van der Waals surface area contributed by atoms with E-state index in [9.17, 15) is 9.59 Å². The van der Waals surface area contributed by atoms with Crippen LogP contribution in [0.2, 0.25) is 0 Å². The van der Waals surface area contributed by atoms with Crippen LogP contribution < -0.4 is 5.32 Å². The first-order valence-corrected chi connectivity index (χ1v) is 16.6. The molecule has 2 aliphatic rings. The summed E-state index contributed by atoms with van der Waals surface area (Å²) in [6, 6.07) is 16.8. The quantitative estimate of drug-likeness (QED) is 0.219. The number of amides is 2. The van der Waals surface area contributed by atoms with Gasteiger partial charge in [0.25, 0.3) is 0 Å². The number of carbonyl (C=O) groups excluding carboxylic acids is 2. The summed E-state index contributed by atoms with van der Waals surface area (Å²) in [7, 11) is 0. The van der Waals surface area contributed by atoms with Gasteiger partial charge in [-0.15, -0.1) is 0 Å². The van der Waals surface area contributed by atoms with Crippen molar-refractivity contribution in [1.82, 2.24) is 24.8 Å². The number of hydrogen-bond donors (Lipinski definition) is 2. The second kappa shape index (κ2) is 12.9. The number of rotatable bonds is 6. The predicted molar refractivity (Wildman–Crippen MR) is 184 cm³/mol. The Morgan fingerprint density at radius 3 is 2.09 bits per heavy atom. The number of nitrogens with zero attached hydrogens (tertiary/aromatic N) is 4. The Kier molecular flexibility index (Phi) is 8.87. The van der Waals surface area contributed by atoms with Gasteiger partial charge in [0.05, 0.1) is 24.0 Å². The first kappa shape index (κ1) is 32.3. The van der Waals surface area contributed by atoms with Crippen LogP contribution in [0.3, 0.4) is 0 Å². The van der Waals surface area contributed by atoms with E-state index in [1.54, 1.807) is 4.90 Å². The number of aromatic amines is 1. The van der Waals surface area contributed by atoms with Crippen LogP contribution in [0, 0.1) is 0 Å². The largest absolute Gasteiger partial charge is 0.444 e. The van der Waals surface area contributed by atoms with Gasteiger partial charge in [0, 0.05) is 37.0 Å². The number of likely N-dealkylation sites (tertiary alicyclic amines) is 2. The molecule has 248 valence electrons. The molecule has 4 heterocycles. The molecule has 2 aromatic heterocycles. The van der Waals surface area contributed by atoms with Crippen LogP contribution >= 0.6 is 0 Å². The van der Waals surface area contributed by atoms with Crippen molar-refractivity contribution in [3.63, 3.8) is 0 Å². The molecule has 0 radical (unpaired) electrons. The number of ether oxygens (including phenoxy) is 2. The van der Waals surface area contributed by atoms with E-state index in [-0.39, 0.29) is 24.3 Å². The van der Waals surface area contributed by atoms with E-state index in [4.69, 9.17) is 9.47 Å². The molecule has 2 fully saturated rings. The maximum Gasteiger partial charge on any atom is 0.410 e. The molecule has 2 aromatic carbocycles. The van der Waals surface area contributed by atoms with Crippen molar-refractivity contribution in [2.75, 3.05) is 25.0 Å². The Morgan fingerprint density at radius 2 is 1.40 bits per heavy atom. The van der Waals surface area contributed by atoms with Crippen LogP contribution in [0.15, 0.2) is 60.9 Å². The summed E-state index contributed by atoms with van der Waals surface area (Å²) in [5.41, 5.74) is 3.03. The van der Waals surface area contributed by atoms with Crippen molar-refractivity contribution in [2.45, 2.75) is 90.5 Å². The van der Waals surface area contributed by atoms with Crippen LogP contribution in [0.1, 0.15) is 79.1 Å². The zero-order valence-electron chi connectivity index (χ0n) is 28.3. The number of benzene rings is 2. The van der Waals surface area contributed by atoms with Gasteiger partial charge in [-0.3, -0.25) is 4.90 Å². The fraction of sp³-hybridized carbons (Fsp3) is 0.459. The number of aromatic nitrogens is 3. The third-order valence-electron chi connectivity index (χ3n) is 8.56. The second-order valence-corrected chi connectivity index (χ2v) is 14.6. The highest BCUT2D eigenvalue weighted by molar-refractivity contribution is 5.90. The second-order valence-electron chi connectivity index (χ2n) is 14.6. The molecule has 2 N–H and O–H groups in total. The molecule has 0 saturated carbocycles. The Hall–Kier alpha value is -4.60. The van der Waals surface area contributed by atoms with Gasteiger partial charge in [0.1, 0.15) is 22.8 Å². The molecule has 47 heavy (non-hydrogen) atoms. The van der Waals surface area contributed by atoms with E-state index in [0.717, 1.165) is 77.0 Å². The van der Waals surface area contributed by atoms with Gasteiger partial charge in [-0.25, -0.2) is 19.6 Å². The van der Waals surface area contributed by atoms with Gasteiger partial charge in [0.15, 0.2) is 0 Å². The van der Waals surface area contributed by atoms with E-state index in [0.29, 0.717) is 13.1 Å². The fourth-order valence-corrected chi connectivity index (χ4v) is 6.34. The molecule has 2 amide bonds. The van der Waals surface area contributed by atoms with E-state index in [2.05, 4.69) is 62.7 Å². The van der Waals surface area contributed by atoms with Crippen molar-refractivity contribution in [1.29, 1.82) is 0 Å². The molecular weight excluding hydrogens is 592 g/mol. The predicted octanol–water partition coefficient (Wildman–Crippen LogP) is 8.18. The Bertz CT molecular complexity index is 1740. The van der Waals surface area contributed by atoms with Gasteiger partial charge < -0.3 is 24.7 Å². The van der Waals surface area contributed by atoms with Crippen molar-refractivity contribution in [3.8, 4) is 22.4 Å². The number of nitrogens with one attached hydrogen (secondary N) is 2. The molecule has 10 heteroatoms. The molecular formula is C37H46N6O4. The van der Waals surface area contributed by atoms with Gasteiger partial charge >= 0.3 is 12.2 Å². The molecule has 0 aliphatic carbocycles. The molecule has 2 saturated heterocycles. The van der Waals surface area contributed by atoms with Crippen LogP contribution in [0.4, 0.5) is 15.4 Å². The van der Waals surface area contributed by atoms with Crippen LogP contribution in [-0.4, -0.2) is 73.8 Å². The lowest BCUT2D eigenvalue weighted by Gasteiger charge is -2.28. The summed E-state index contributed by atoms with van der Waals surface area (Å²) in [6.45, 7) is 13.3. The summed E-state index contributed by atoms with van der Waals surface area (Å²) in [4.78, 5) is 41.8. The Balaban J connectivity index is 1.10. The van der Waals surface area contributed by atoms with Crippen molar-refractivity contribution in [3.05, 3.63) is 66.7 Å². The monoisotopic (exact) mass is 638 g/mol. The number of anilines is 1. The third kappa shape index (κ3) is 7.69. The average molecular weight is 639 g/mol. The highest BCUT2D eigenvalue weighted by Crippen LogP contribution is 2.34. The topological polar surface area (TPSA) is 113 Å². The first-order valence-electron chi connectivity index (χ1n) is 16.6. The summed E-state index contributed by atoms with van der Waals surface area (Å²) >= 11 is 0. The number of pyridine rings is 1. The molecule has 0 spiro atoms. The summed E-state index contributed by atoms with van der Waals surface area (Å²) in [5.74, 6) is 1.56. The van der Waals surface area contributed by atoms with Crippen molar-refractivity contribution in [2.24, 2.45) is 0 Å². The van der Waals surface area contributed by atoms with Gasteiger partial charge in [0.2, 0.25) is 0 Å². The standard InChI is InChI=1S/C37H46N6O4/c1-36(2,3)46-34(44)42-17-7-9-29(42)22-39-32-16-15-28(21-38-32)26-12-11-25-20-27(14-13-24(25)19-26)30-23-40-33(41-30)31-10-8-18-43(31)35(45)47-37(4,5)6/h11-16,19-21,23,29,31H,7-10,17-18,22H2,1-6H3,(H,38,39)(H,40,41)/t29-,31-/m0/s1. The van der Waals surface area contributed by atoms with Crippen molar-refractivity contribution < 1.29 is 19.1 Å². The fourth-order valence-electron chi connectivity index (χ4n) is 6.34. The maximum absolute atomic E-state index is 12.8. The molecule has 0 unspecified atom stereocenters. The van der Waals surface area contributed by atoms with E-state index in [1.165, 1.54) is 0 Å². The highest BCUT2D eigenvalue weighted by atomic mass is 16.6. The molecule has 4 aromatic rings. The third-order valence-corrected chi connectivity index (χ3v) is 8.56. The lowest BCUT2D eigenvalue weighted by molar-refractivity contribution is 0.0213. The Labute approximate surface area is 276 Å². The molecule has 2 atom stereocenters. The van der Waals surface area contributed by atoms with Crippen LogP contribution in [0.5, 0.6) is 0 Å². The van der Waals surface area contributed by atoms with E-state index >= 15 is 0 Å². The maximum atomic E-state index is 12.8. The molecule has 6 rings (SSSR count). The highest BCUT2D eigenvalue weighted by Gasteiger charge is 2.35. The lowest BCUT2D eigenvalue weighted by atomic mass is 10.0. The zero-order valence-corrected chi connectivity index (χ0v) is 28.3. The number of hydrogen-bond acceptors (Lipinski definition) is 7. The SMILES string of the molecule is CC(C)(C)OC(=O)N1CCC[C@H]1CNc1ccc(-c2ccc3cc(-c4cnc([C@@H]5CCCN5C(=O)OC(C)(C)C)[nH]4)ccc3c2)cn1. The number of fused-ring (bicyclic) bond motifs is 1. The van der Waals surface area contributed by atoms with Gasteiger partial charge in [-0.05, 0) is 108 Å². The van der Waals surface area contributed by atoms with Crippen LogP contribution in [0.25, 0.3) is 33.2 Å². The van der Waals surface area contributed by atoms with Gasteiger partial charge in [-0.1, -0.05) is 24.3 Å². The van der Waals surface area contributed by atoms with Crippen molar-refractivity contribution >= 4 is 28.8 Å². The first-order chi connectivity index (χ1) is 22.3. The normalized spacial score (nSPS) is 18.5. The summed E-state index contributed by atoms with van der Waals surface area (Å²) in [5, 5.41) is 5.66. The number of H-pyrrole nitrogens is 1.